The van der Waals surface area contributed by atoms with E-state index in [-0.39, 0.29) is 5.69 Å². The molecule has 0 aromatic heterocycles. The van der Waals surface area contributed by atoms with Gasteiger partial charge in [0.1, 0.15) is 0 Å². The van der Waals surface area contributed by atoms with Crippen LogP contribution in [0.1, 0.15) is 16.7 Å². The third kappa shape index (κ3) is 3.59. The lowest BCUT2D eigenvalue weighted by atomic mass is 10.1. The average Bonchev–Trinajstić information content (AvgIpc) is 2.45. The Morgan fingerprint density at radius 3 is 2.38 bits per heavy atom. The first-order chi connectivity index (χ1) is 9.82. The van der Waals surface area contributed by atoms with Gasteiger partial charge in [0.2, 0.25) is 0 Å². The van der Waals surface area contributed by atoms with E-state index >= 15 is 0 Å². The van der Waals surface area contributed by atoms with Crippen molar-refractivity contribution >= 4 is 27.3 Å². The van der Waals surface area contributed by atoms with Crippen LogP contribution in [0.3, 0.4) is 0 Å². The van der Waals surface area contributed by atoms with E-state index < -0.39 is 11.7 Å². The van der Waals surface area contributed by atoms with E-state index in [1.54, 1.807) is 24.1 Å². The van der Waals surface area contributed by atoms with Crippen molar-refractivity contribution in [2.75, 3.05) is 11.9 Å². The second-order valence-electron chi connectivity index (χ2n) is 4.88. The lowest BCUT2D eigenvalue weighted by molar-refractivity contribution is -0.137. The minimum absolute atomic E-state index is 0.151. The highest BCUT2D eigenvalue weighted by atomic mass is 79.9. The van der Waals surface area contributed by atoms with Crippen molar-refractivity contribution in [3.05, 3.63) is 59.2 Å². The van der Waals surface area contributed by atoms with Crippen molar-refractivity contribution in [2.24, 2.45) is 0 Å². The summed E-state index contributed by atoms with van der Waals surface area (Å²) in [6, 6.07) is 11.8. The summed E-state index contributed by atoms with van der Waals surface area (Å²) in [5.74, 6) is 0. The van der Waals surface area contributed by atoms with E-state index in [4.69, 9.17) is 0 Å². The summed E-state index contributed by atoms with van der Waals surface area (Å²) in [6.07, 6.45) is -4.38. The maximum atomic E-state index is 13.3. The van der Waals surface area contributed by atoms with Gasteiger partial charge in [0, 0.05) is 18.1 Å². The molecule has 2 aromatic rings. The lowest BCUT2D eigenvalue weighted by Gasteiger charge is -2.24. The molecule has 1 nitrogen and oxygen atoms in total. The third-order valence-corrected chi connectivity index (χ3v) is 3.92. The van der Waals surface area contributed by atoms with Crippen molar-refractivity contribution in [3.63, 3.8) is 0 Å². The fourth-order valence-corrected chi connectivity index (χ4v) is 2.51. The van der Waals surface area contributed by atoms with Crippen LogP contribution < -0.4 is 4.90 Å². The summed E-state index contributed by atoms with van der Waals surface area (Å²) in [5, 5.41) is 0.393. The van der Waals surface area contributed by atoms with Gasteiger partial charge in [-0.25, -0.2) is 0 Å². The van der Waals surface area contributed by atoms with Crippen LogP contribution in [0.15, 0.2) is 42.5 Å². The number of halogens is 4. The quantitative estimate of drug-likeness (QED) is 0.639. The van der Waals surface area contributed by atoms with E-state index in [1.165, 1.54) is 12.1 Å². The average molecular weight is 358 g/mol. The predicted molar refractivity (Wildman–Crippen MR) is 83.3 cm³/mol. The highest BCUT2D eigenvalue weighted by Gasteiger charge is 2.34. The summed E-state index contributed by atoms with van der Waals surface area (Å²) in [6.45, 7) is 1.91. The molecule has 0 aliphatic carbocycles. The molecule has 0 aliphatic rings. The van der Waals surface area contributed by atoms with E-state index in [2.05, 4.69) is 15.9 Å². The van der Waals surface area contributed by atoms with Gasteiger partial charge in [0.15, 0.2) is 0 Å². The zero-order valence-corrected chi connectivity index (χ0v) is 13.3. The van der Waals surface area contributed by atoms with Crippen LogP contribution in [0.25, 0.3) is 0 Å². The molecule has 5 heteroatoms. The topological polar surface area (TPSA) is 3.24 Å². The van der Waals surface area contributed by atoms with Crippen LogP contribution >= 0.6 is 15.9 Å². The van der Waals surface area contributed by atoms with Crippen molar-refractivity contribution in [1.29, 1.82) is 0 Å². The molecule has 0 amide bonds. The second-order valence-corrected chi connectivity index (χ2v) is 5.44. The molecule has 112 valence electrons. The Bertz CT molecular complexity index is 638. The highest BCUT2D eigenvalue weighted by Crippen LogP contribution is 2.39. The van der Waals surface area contributed by atoms with E-state index in [1.807, 2.05) is 25.1 Å². The van der Waals surface area contributed by atoms with Gasteiger partial charge in [-0.1, -0.05) is 34.1 Å². The van der Waals surface area contributed by atoms with Gasteiger partial charge in [0.25, 0.3) is 0 Å². The molecular weight excluding hydrogens is 343 g/mol. The molecule has 0 saturated carbocycles. The first kappa shape index (κ1) is 15.9. The number of alkyl halides is 4. The first-order valence-electron chi connectivity index (χ1n) is 6.39. The Morgan fingerprint density at radius 1 is 1.10 bits per heavy atom. The van der Waals surface area contributed by atoms with Gasteiger partial charge in [-0.3, -0.25) is 0 Å². The van der Waals surface area contributed by atoms with Gasteiger partial charge in [-0.15, -0.1) is 0 Å². The van der Waals surface area contributed by atoms with E-state index in [0.29, 0.717) is 10.9 Å². The number of hydrogen-bond donors (Lipinski definition) is 0. The van der Waals surface area contributed by atoms with Crippen LogP contribution in [0.2, 0.25) is 0 Å². The Labute approximate surface area is 130 Å². The highest BCUT2D eigenvalue weighted by molar-refractivity contribution is 9.08. The molecule has 0 spiro atoms. The number of aryl methyl sites for hydroxylation is 1. The summed E-state index contributed by atoms with van der Waals surface area (Å²) in [5.41, 5.74) is 1.86. The fourth-order valence-electron chi connectivity index (χ4n) is 2.16. The molecular formula is C16H15BrF3N. The summed E-state index contributed by atoms with van der Waals surface area (Å²) in [4.78, 5) is 1.56. The minimum atomic E-state index is -4.38. The van der Waals surface area contributed by atoms with E-state index in [0.717, 1.165) is 11.3 Å². The van der Waals surface area contributed by atoms with E-state index in [9.17, 15) is 13.2 Å². The molecule has 0 atom stereocenters. The van der Waals surface area contributed by atoms with Crippen LogP contribution in [0.5, 0.6) is 0 Å². The maximum Gasteiger partial charge on any atom is 0.418 e. The molecule has 0 N–H and O–H groups in total. The number of hydrogen-bond acceptors (Lipinski definition) is 1. The minimum Gasteiger partial charge on any atom is -0.344 e. The zero-order chi connectivity index (χ0) is 15.6. The molecule has 0 radical (unpaired) electrons. The Morgan fingerprint density at radius 2 is 1.81 bits per heavy atom. The molecule has 0 saturated heterocycles. The molecule has 0 heterocycles. The summed E-state index contributed by atoms with van der Waals surface area (Å²) < 4.78 is 39.8. The molecule has 0 unspecified atom stereocenters. The number of benzene rings is 2. The summed E-state index contributed by atoms with van der Waals surface area (Å²) in [7, 11) is 1.65. The molecule has 2 aromatic carbocycles. The smallest absolute Gasteiger partial charge is 0.344 e. The summed E-state index contributed by atoms with van der Waals surface area (Å²) >= 11 is 3.19. The normalized spacial score (nSPS) is 11.5. The fraction of sp³-hybridized carbons (Fsp3) is 0.250. The Hall–Kier alpha value is -1.49. The molecule has 0 bridgehead atoms. The standard InChI is InChI=1S/C16H15BrF3N/c1-11-4-3-5-13(8-11)21(2)15-7-6-12(10-17)9-14(15)16(18,19)20/h3-9H,10H2,1-2H3. The van der Waals surface area contributed by atoms with Crippen LogP contribution in [0.4, 0.5) is 24.5 Å². The van der Waals surface area contributed by atoms with Gasteiger partial charge in [0.05, 0.1) is 11.3 Å². The van der Waals surface area contributed by atoms with Gasteiger partial charge in [-0.2, -0.15) is 13.2 Å². The molecule has 0 fully saturated rings. The third-order valence-electron chi connectivity index (χ3n) is 3.27. The van der Waals surface area contributed by atoms with Crippen molar-refractivity contribution in [3.8, 4) is 0 Å². The monoisotopic (exact) mass is 357 g/mol. The first-order valence-corrected chi connectivity index (χ1v) is 7.51. The van der Waals surface area contributed by atoms with Gasteiger partial charge < -0.3 is 4.90 Å². The van der Waals surface area contributed by atoms with Crippen LogP contribution in [-0.4, -0.2) is 7.05 Å². The Balaban J connectivity index is 2.52. The number of anilines is 2. The SMILES string of the molecule is Cc1cccc(N(C)c2ccc(CBr)cc2C(F)(F)F)c1. The molecule has 2 rings (SSSR count). The van der Waals surface area contributed by atoms with Gasteiger partial charge >= 0.3 is 6.18 Å². The van der Waals surface area contributed by atoms with Crippen molar-refractivity contribution in [2.45, 2.75) is 18.4 Å². The lowest BCUT2D eigenvalue weighted by Crippen LogP contribution is -2.17. The second kappa shape index (κ2) is 6.10. The van der Waals surface area contributed by atoms with Crippen LogP contribution in [0, 0.1) is 6.92 Å². The number of rotatable bonds is 3. The largest absolute Gasteiger partial charge is 0.418 e. The Kier molecular flexibility index (Phi) is 4.61. The van der Waals surface area contributed by atoms with Gasteiger partial charge in [-0.05, 0) is 42.3 Å². The number of nitrogens with zero attached hydrogens (tertiary/aromatic N) is 1. The van der Waals surface area contributed by atoms with Crippen LogP contribution in [-0.2, 0) is 11.5 Å². The van der Waals surface area contributed by atoms with Crippen molar-refractivity contribution < 1.29 is 13.2 Å². The van der Waals surface area contributed by atoms with Crippen molar-refractivity contribution in [1.82, 2.24) is 0 Å². The maximum absolute atomic E-state index is 13.3. The molecule has 0 aliphatic heterocycles. The molecule has 21 heavy (non-hydrogen) atoms. The predicted octanol–water partition coefficient (Wildman–Crippen LogP) is 5.68. The zero-order valence-electron chi connectivity index (χ0n) is 11.7.